The quantitative estimate of drug-likeness (QED) is 0.596. The Kier molecular flexibility index (Phi) is 9.05. The van der Waals surface area contributed by atoms with E-state index < -0.39 is 12.1 Å². The predicted molar refractivity (Wildman–Crippen MR) is 62.3 cm³/mol. The maximum atomic E-state index is 10.5. The van der Waals surface area contributed by atoms with E-state index in [4.69, 9.17) is 9.84 Å². The third-order valence-corrected chi connectivity index (χ3v) is 1.92. The molecule has 1 N–H and O–H groups in total. The molecule has 0 aromatic heterocycles. The van der Waals surface area contributed by atoms with Crippen molar-refractivity contribution in [2.45, 2.75) is 38.7 Å². The summed E-state index contributed by atoms with van der Waals surface area (Å²) < 4.78 is 9.21. The number of carbonyl (C=O) groups excluding carboxylic acids is 2. The molecular weight excluding hydrogens is 224 g/mol. The molecule has 0 aliphatic carbocycles. The Labute approximate surface area is 101 Å². The molecule has 1 rings (SSSR count). The summed E-state index contributed by atoms with van der Waals surface area (Å²) in [6.07, 6.45) is 4.28. The zero-order chi connectivity index (χ0) is 13.1. The van der Waals surface area contributed by atoms with Crippen LogP contribution < -0.4 is 0 Å². The molecule has 1 heterocycles. The van der Waals surface area contributed by atoms with Gasteiger partial charge in [0.15, 0.2) is 0 Å². The van der Waals surface area contributed by atoms with Crippen molar-refractivity contribution in [2.24, 2.45) is 0 Å². The second kappa shape index (κ2) is 9.84. The van der Waals surface area contributed by atoms with Crippen molar-refractivity contribution >= 4 is 11.9 Å². The van der Waals surface area contributed by atoms with Crippen molar-refractivity contribution in [2.75, 3.05) is 13.2 Å². The summed E-state index contributed by atoms with van der Waals surface area (Å²) in [5.41, 5.74) is 0. The number of aliphatic hydroxyl groups excluding tert-OH is 1. The Morgan fingerprint density at radius 1 is 1.59 bits per heavy atom. The highest BCUT2D eigenvalue weighted by molar-refractivity contribution is 5.81. The van der Waals surface area contributed by atoms with Crippen LogP contribution in [0.3, 0.4) is 0 Å². The fraction of sp³-hybridized carbons (Fsp3) is 0.667. The number of hydrogen-bond acceptors (Lipinski definition) is 5. The van der Waals surface area contributed by atoms with Crippen molar-refractivity contribution in [3.63, 3.8) is 0 Å². The fourth-order valence-electron chi connectivity index (χ4n) is 1.07. The van der Waals surface area contributed by atoms with Gasteiger partial charge in [0, 0.05) is 12.5 Å². The highest BCUT2D eigenvalue weighted by atomic mass is 16.5. The van der Waals surface area contributed by atoms with Crippen LogP contribution >= 0.6 is 0 Å². The number of hydrogen-bond donors (Lipinski definition) is 1. The molecule has 17 heavy (non-hydrogen) atoms. The van der Waals surface area contributed by atoms with Gasteiger partial charge in [-0.05, 0) is 26.2 Å². The van der Waals surface area contributed by atoms with E-state index in [-0.39, 0.29) is 12.6 Å². The van der Waals surface area contributed by atoms with Crippen molar-refractivity contribution in [1.82, 2.24) is 0 Å². The molecule has 1 atom stereocenters. The van der Waals surface area contributed by atoms with E-state index in [0.717, 1.165) is 25.3 Å². The first-order valence-electron chi connectivity index (χ1n) is 5.69. The molecule has 1 unspecified atom stereocenters. The Morgan fingerprint density at radius 2 is 2.29 bits per heavy atom. The molecule has 5 heteroatoms. The molecule has 0 radical (unpaired) electrons. The van der Waals surface area contributed by atoms with Crippen LogP contribution in [0.2, 0.25) is 0 Å². The summed E-state index contributed by atoms with van der Waals surface area (Å²) in [4.78, 5) is 20.7. The molecule has 1 aliphatic heterocycles. The smallest absolute Gasteiger partial charge is 0.330 e. The van der Waals surface area contributed by atoms with Gasteiger partial charge in [-0.25, -0.2) is 4.79 Å². The van der Waals surface area contributed by atoms with E-state index in [0.29, 0.717) is 13.0 Å². The lowest BCUT2D eigenvalue weighted by atomic mass is 10.2. The molecule has 1 fully saturated rings. The Hall–Kier alpha value is -1.36. The first kappa shape index (κ1) is 15.6. The van der Waals surface area contributed by atoms with Gasteiger partial charge in [-0.2, -0.15) is 0 Å². The molecule has 98 valence electrons. The summed E-state index contributed by atoms with van der Waals surface area (Å²) in [5.74, 6) is -0.529. The molecule has 0 aromatic carbocycles. The second-order valence-electron chi connectivity index (χ2n) is 3.71. The maximum absolute atomic E-state index is 10.5. The number of esters is 2. The minimum atomic E-state index is -0.603. The zero-order valence-electron chi connectivity index (χ0n) is 10.2. The number of ether oxygens (including phenoxy) is 2. The zero-order valence-corrected chi connectivity index (χ0v) is 10.2. The highest BCUT2D eigenvalue weighted by Gasteiger charge is 2.05. The molecule has 0 bridgehead atoms. The predicted octanol–water partition coefficient (Wildman–Crippen LogP) is 1.20. The van der Waals surface area contributed by atoms with Crippen LogP contribution in [0.4, 0.5) is 0 Å². The number of aliphatic hydroxyl groups is 1. The normalized spacial score (nSPS) is 16.7. The fourth-order valence-corrected chi connectivity index (χ4v) is 1.07. The van der Waals surface area contributed by atoms with Gasteiger partial charge in [0.05, 0.1) is 12.7 Å². The molecule has 0 spiro atoms. The first-order chi connectivity index (χ1) is 8.06. The van der Waals surface area contributed by atoms with Crippen LogP contribution in [0.25, 0.3) is 0 Å². The number of rotatable bonds is 3. The lowest BCUT2D eigenvalue weighted by Crippen LogP contribution is -2.13. The van der Waals surface area contributed by atoms with Crippen molar-refractivity contribution in [3.8, 4) is 0 Å². The molecule has 0 aromatic rings. The number of carbonyl (C=O) groups is 2. The second-order valence-corrected chi connectivity index (χ2v) is 3.71. The topological polar surface area (TPSA) is 72.8 Å². The van der Waals surface area contributed by atoms with Crippen molar-refractivity contribution in [1.29, 1.82) is 0 Å². The van der Waals surface area contributed by atoms with Crippen LogP contribution in [0.5, 0.6) is 0 Å². The highest BCUT2D eigenvalue weighted by Crippen LogP contribution is 2.06. The Bertz CT molecular complexity index is 237. The van der Waals surface area contributed by atoms with E-state index in [2.05, 4.69) is 11.3 Å². The van der Waals surface area contributed by atoms with E-state index in [1.54, 1.807) is 0 Å². The van der Waals surface area contributed by atoms with Gasteiger partial charge in [-0.1, -0.05) is 6.58 Å². The summed E-state index contributed by atoms with van der Waals surface area (Å²) in [6.45, 7) is 5.39. The Balaban J connectivity index is 0.000000302. The van der Waals surface area contributed by atoms with Crippen LogP contribution in [-0.4, -0.2) is 36.4 Å². The van der Waals surface area contributed by atoms with E-state index in [1.807, 2.05) is 0 Å². The van der Waals surface area contributed by atoms with Gasteiger partial charge in [0.2, 0.25) is 0 Å². The van der Waals surface area contributed by atoms with Crippen molar-refractivity contribution < 1.29 is 24.2 Å². The van der Waals surface area contributed by atoms with Crippen LogP contribution in [-0.2, 0) is 19.1 Å². The molecule has 1 saturated heterocycles. The minimum absolute atomic E-state index is 0.0255. The standard InChI is InChI=1S/C6H10O3.C6H10O2/c1-3-6(8)9-4-5(2)7;7-6-4-2-1-3-5-8-6/h3,5,7H,1,4H2,2H3;1-5H2. The molecule has 0 amide bonds. The van der Waals surface area contributed by atoms with Gasteiger partial charge in [0.25, 0.3) is 0 Å². The van der Waals surface area contributed by atoms with E-state index in [9.17, 15) is 9.59 Å². The van der Waals surface area contributed by atoms with Crippen molar-refractivity contribution in [3.05, 3.63) is 12.7 Å². The first-order valence-corrected chi connectivity index (χ1v) is 5.69. The Morgan fingerprint density at radius 3 is 2.88 bits per heavy atom. The molecule has 1 aliphatic rings. The third-order valence-electron chi connectivity index (χ3n) is 1.92. The summed E-state index contributed by atoms with van der Waals surface area (Å²) in [5, 5.41) is 8.59. The van der Waals surface area contributed by atoms with E-state index in [1.165, 1.54) is 6.92 Å². The van der Waals surface area contributed by atoms with Gasteiger partial charge >= 0.3 is 11.9 Å². The van der Waals surface area contributed by atoms with Gasteiger partial charge in [-0.15, -0.1) is 0 Å². The lowest BCUT2D eigenvalue weighted by Gasteiger charge is -2.02. The average Bonchev–Trinajstić information content (AvgIpc) is 2.54. The number of cyclic esters (lactones) is 1. The van der Waals surface area contributed by atoms with Gasteiger partial charge in [0.1, 0.15) is 6.61 Å². The summed E-state index contributed by atoms with van der Waals surface area (Å²) >= 11 is 0. The monoisotopic (exact) mass is 244 g/mol. The third kappa shape index (κ3) is 10.9. The van der Waals surface area contributed by atoms with Gasteiger partial charge in [-0.3, -0.25) is 4.79 Å². The SMILES string of the molecule is C=CC(=O)OCC(C)O.O=C1CCCCCO1. The molecule has 5 nitrogen and oxygen atoms in total. The van der Waals surface area contributed by atoms with E-state index >= 15 is 0 Å². The summed E-state index contributed by atoms with van der Waals surface area (Å²) in [6, 6.07) is 0. The molecule has 0 saturated carbocycles. The average molecular weight is 244 g/mol. The maximum Gasteiger partial charge on any atom is 0.330 e. The summed E-state index contributed by atoms with van der Waals surface area (Å²) in [7, 11) is 0. The minimum Gasteiger partial charge on any atom is -0.466 e. The van der Waals surface area contributed by atoms with Crippen LogP contribution in [0.1, 0.15) is 32.6 Å². The van der Waals surface area contributed by atoms with Gasteiger partial charge < -0.3 is 14.6 Å². The van der Waals surface area contributed by atoms with Crippen LogP contribution in [0.15, 0.2) is 12.7 Å². The van der Waals surface area contributed by atoms with Crippen LogP contribution in [0, 0.1) is 0 Å². The lowest BCUT2D eigenvalue weighted by molar-refractivity contribution is -0.142. The largest absolute Gasteiger partial charge is 0.466 e. The molecular formula is C12H20O5.